The lowest BCUT2D eigenvalue weighted by Gasteiger charge is -2.13. The second-order valence-electron chi connectivity index (χ2n) is 5.85. The van der Waals surface area contributed by atoms with Gasteiger partial charge in [0.25, 0.3) is 5.91 Å². The molecule has 1 aliphatic heterocycles. The first-order valence-corrected chi connectivity index (χ1v) is 10.1. The molecule has 0 aliphatic carbocycles. The van der Waals surface area contributed by atoms with Crippen molar-refractivity contribution in [3.05, 3.63) is 51.5 Å². The molecule has 0 spiro atoms. The Kier molecular flexibility index (Phi) is 6.11. The smallest absolute Gasteiger partial charge is 0.266 e. The number of carbonyl (C=O) groups excluding carboxylic acids is 2. The molecule has 1 aromatic carbocycles. The lowest BCUT2D eigenvalue weighted by Crippen LogP contribution is -2.29. The van der Waals surface area contributed by atoms with E-state index in [-0.39, 0.29) is 11.7 Å². The van der Waals surface area contributed by atoms with Crippen molar-refractivity contribution >= 4 is 62.0 Å². The molecule has 0 saturated carbocycles. The summed E-state index contributed by atoms with van der Waals surface area (Å²) in [4.78, 5) is 25.7. The Morgan fingerprint density at radius 2 is 2.00 bits per heavy atom. The molecule has 1 saturated heterocycles. The monoisotopic (exact) mass is 449 g/mol. The molecule has 26 heavy (non-hydrogen) atoms. The van der Waals surface area contributed by atoms with Crippen LogP contribution in [-0.4, -0.2) is 27.5 Å². The molecule has 2 heterocycles. The first-order valence-electron chi connectivity index (χ1n) is 8.04. The Bertz CT molecular complexity index is 886. The third-order valence-electron chi connectivity index (χ3n) is 3.81. The van der Waals surface area contributed by atoms with Crippen molar-refractivity contribution in [1.82, 2.24) is 4.90 Å². The Hall–Kier alpha value is -1.70. The van der Waals surface area contributed by atoms with Crippen LogP contribution in [0.5, 0.6) is 0 Å². The number of ketones is 1. The number of thiocarbonyl (C=S) groups is 1. The summed E-state index contributed by atoms with van der Waals surface area (Å²) in [6.07, 6.45) is 2.78. The van der Waals surface area contributed by atoms with Gasteiger partial charge in [-0.25, -0.2) is 0 Å². The molecule has 0 unspecified atom stereocenters. The number of furan rings is 1. The van der Waals surface area contributed by atoms with E-state index in [1.54, 1.807) is 17.9 Å². The first-order chi connectivity index (χ1) is 12.4. The maximum absolute atomic E-state index is 12.5. The van der Waals surface area contributed by atoms with Crippen LogP contribution in [0.1, 0.15) is 25.5 Å². The summed E-state index contributed by atoms with van der Waals surface area (Å²) in [6, 6.07) is 11.5. The molecule has 7 heteroatoms. The van der Waals surface area contributed by atoms with Crippen LogP contribution in [0.3, 0.4) is 0 Å². The van der Waals surface area contributed by atoms with Crippen molar-refractivity contribution in [2.75, 3.05) is 6.54 Å². The van der Waals surface area contributed by atoms with Gasteiger partial charge in [0, 0.05) is 29.1 Å². The van der Waals surface area contributed by atoms with E-state index in [0.717, 1.165) is 15.8 Å². The molecule has 1 amide bonds. The van der Waals surface area contributed by atoms with Crippen LogP contribution in [0.4, 0.5) is 0 Å². The van der Waals surface area contributed by atoms with Gasteiger partial charge < -0.3 is 9.21 Å². The standard InChI is InChI=1S/C19H16BrNO3S2/c1-12(22)3-2-10-21-18(23)17(26-19(21)25)11-15-8-9-16(24-15)13-4-6-14(20)7-5-13/h4-9,11H,2-3,10H2,1H3/b17-11-. The van der Waals surface area contributed by atoms with Crippen molar-refractivity contribution < 1.29 is 14.0 Å². The van der Waals surface area contributed by atoms with Gasteiger partial charge in [-0.05, 0) is 37.6 Å². The van der Waals surface area contributed by atoms with E-state index in [2.05, 4.69) is 15.9 Å². The lowest BCUT2D eigenvalue weighted by molar-refractivity contribution is -0.123. The van der Waals surface area contributed by atoms with Crippen molar-refractivity contribution in [3.63, 3.8) is 0 Å². The maximum Gasteiger partial charge on any atom is 0.266 e. The number of hydrogen-bond donors (Lipinski definition) is 0. The zero-order valence-electron chi connectivity index (χ0n) is 14.0. The minimum absolute atomic E-state index is 0.113. The number of Topliss-reactive ketones (excluding diaryl/α,β-unsaturated/α-hetero) is 1. The van der Waals surface area contributed by atoms with Gasteiger partial charge in [0.15, 0.2) is 0 Å². The van der Waals surface area contributed by atoms with Crippen molar-refractivity contribution in [2.45, 2.75) is 19.8 Å². The highest BCUT2D eigenvalue weighted by Crippen LogP contribution is 2.34. The van der Waals surface area contributed by atoms with Crippen molar-refractivity contribution in [3.8, 4) is 11.3 Å². The predicted molar refractivity (Wildman–Crippen MR) is 112 cm³/mol. The molecule has 1 fully saturated rings. The first kappa shape index (κ1) is 19.1. The quantitative estimate of drug-likeness (QED) is 0.443. The van der Waals surface area contributed by atoms with Crippen LogP contribution in [0.15, 0.2) is 50.2 Å². The van der Waals surface area contributed by atoms with E-state index < -0.39 is 0 Å². The molecule has 0 bridgehead atoms. The van der Waals surface area contributed by atoms with Gasteiger partial charge >= 0.3 is 0 Å². The topological polar surface area (TPSA) is 50.5 Å². The van der Waals surface area contributed by atoms with Gasteiger partial charge in [0.1, 0.15) is 21.6 Å². The Labute approximate surface area is 169 Å². The third-order valence-corrected chi connectivity index (χ3v) is 5.72. The molecule has 134 valence electrons. The van der Waals surface area contributed by atoms with Gasteiger partial charge in [-0.2, -0.15) is 0 Å². The Balaban J connectivity index is 1.72. The largest absolute Gasteiger partial charge is 0.457 e. The summed E-state index contributed by atoms with van der Waals surface area (Å²) in [5, 5.41) is 0. The van der Waals surface area contributed by atoms with Crippen LogP contribution in [0, 0.1) is 0 Å². The van der Waals surface area contributed by atoms with Crippen LogP contribution in [-0.2, 0) is 9.59 Å². The average molecular weight is 450 g/mol. The number of amides is 1. The fourth-order valence-corrected chi connectivity index (χ4v) is 4.06. The maximum atomic E-state index is 12.5. The van der Waals surface area contributed by atoms with Crippen LogP contribution >= 0.6 is 39.9 Å². The van der Waals surface area contributed by atoms with Gasteiger partial charge in [-0.15, -0.1) is 0 Å². The molecular formula is C19H16BrNO3S2. The van der Waals surface area contributed by atoms with Crippen LogP contribution in [0.2, 0.25) is 0 Å². The number of rotatable bonds is 6. The van der Waals surface area contributed by atoms with Crippen LogP contribution < -0.4 is 0 Å². The fourth-order valence-electron chi connectivity index (χ4n) is 2.51. The van der Waals surface area contributed by atoms with E-state index >= 15 is 0 Å². The normalized spacial score (nSPS) is 15.9. The summed E-state index contributed by atoms with van der Waals surface area (Å²) in [5.41, 5.74) is 0.963. The minimum atomic E-state index is -0.134. The van der Waals surface area contributed by atoms with E-state index in [4.69, 9.17) is 16.6 Å². The van der Waals surface area contributed by atoms with Gasteiger partial charge in [-0.1, -0.05) is 52.0 Å². The van der Waals surface area contributed by atoms with E-state index in [1.165, 1.54) is 11.8 Å². The predicted octanol–water partition coefficient (Wildman–Crippen LogP) is 5.28. The molecule has 1 aliphatic rings. The number of benzene rings is 1. The van der Waals surface area contributed by atoms with E-state index in [0.29, 0.717) is 34.4 Å². The van der Waals surface area contributed by atoms with Crippen molar-refractivity contribution in [2.24, 2.45) is 0 Å². The summed E-state index contributed by atoms with van der Waals surface area (Å²) in [7, 11) is 0. The molecule has 0 N–H and O–H groups in total. The molecule has 2 aromatic rings. The van der Waals surface area contributed by atoms with Gasteiger partial charge in [0.05, 0.1) is 4.91 Å². The van der Waals surface area contributed by atoms with Crippen LogP contribution in [0.25, 0.3) is 17.4 Å². The number of nitrogens with zero attached hydrogens (tertiary/aromatic N) is 1. The zero-order valence-corrected chi connectivity index (χ0v) is 17.2. The number of halogens is 1. The summed E-state index contributed by atoms with van der Waals surface area (Å²) in [6.45, 7) is 2.01. The molecular weight excluding hydrogens is 434 g/mol. The van der Waals surface area contributed by atoms with Gasteiger partial charge in [0.2, 0.25) is 0 Å². The third kappa shape index (κ3) is 4.52. The van der Waals surface area contributed by atoms with Gasteiger partial charge in [-0.3, -0.25) is 9.69 Å². The second kappa shape index (κ2) is 8.33. The molecule has 3 rings (SSSR count). The number of hydrogen-bond acceptors (Lipinski definition) is 5. The summed E-state index contributed by atoms with van der Waals surface area (Å²) < 4.78 is 7.36. The lowest BCUT2D eigenvalue weighted by atomic mass is 10.2. The average Bonchev–Trinajstić information content (AvgIpc) is 3.15. The Morgan fingerprint density at radius 1 is 1.27 bits per heavy atom. The highest BCUT2D eigenvalue weighted by atomic mass is 79.9. The van der Waals surface area contributed by atoms with E-state index in [1.807, 2.05) is 36.4 Å². The highest BCUT2D eigenvalue weighted by Gasteiger charge is 2.31. The molecule has 4 nitrogen and oxygen atoms in total. The minimum Gasteiger partial charge on any atom is -0.457 e. The van der Waals surface area contributed by atoms with Crippen molar-refractivity contribution in [1.29, 1.82) is 0 Å². The highest BCUT2D eigenvalue weighted by molar-refractivity contribution is 9.10. The molecule has 0 radical (unpaired) electrons. The molecule has 1 aromatic heterocycles. The fraction of sp³-hybridized carbons (Fsp3) is 0.211. The number of carbonyl (C=O) groups is 2. The SMILES string of the molecule is CC(=O)CCCN1C(=O)/C(=C/c2ccc(-c3ccc(Br)cc3)o2)SC1=S. The number of thioether (sulfide) groups is 1. The summed E-state index contributed by atoms with van der Waals surface area (Å²) >= 11 is 9.96. The second-order valence-corrected chi connectivity index (χ2v) is 8.44. The zero-order chi connectivity index (χ0) is 18.7. The summed E-state index contributed by atoms with van der Waals surface area (Å²) in [5.74, 6) is 1.32. The van der Waals surface area contributed by atoms with E-state index in [9.17, 15) is 9.59 Å². The molecule has 0 atom stereocenters. The Morgan fingerprint density at radius 3 is 2.69 bits per heavy atom.